The second-order valence-corrected chi connectivity index (χ2v) is 10.8. The number of amidine groups is 1. The molecule has 0 unspecified atom stereocenters. The summed E-state index contributed by atoms with van der Waals surface area (Å²) >= 11 is 2.53. The number of benzene rings is 3. The molecule has 3 aromatic carbocycles. The number of nitrogens with zero attached hydrogens (tertiary/aromatic N) is 4. The van der Waals surface area contributed by atoms with Crippen LogP contribution in [0.15, 0.2) is 86.9 Å². The Bertz CT molecular complexity index is 1510. The lowest BCUT2D eigenvalue weighted by atomic mass is 10.1. The molecule has 0 aliphatic carbocycles. The van der Waals surface area contributed by atoms with E-state index in [9.17, 15) is 23.2 Å². The Kier molecular flexibility index (Phi) is 9.12. The first-order valence-electron chi connectivity index (χ1n) is 12.3. The van der Waals surface area contributed by atoms with Gasteiger partial charge in [0, 0.05) is 25.5 Å². The zero-order valence-corrected chi connectivity index (χ0v) is 23.6. The van der Waals surface area contributed by atoms with Crippen LogP contribution in [-0.2, 0) is 17.5 Å². The third-order valence-electron chi connectivity index (χ3n) is 5.83. The van der Waals surface area contributed by atoms with Crippen molar-refractivity contribution in [2.24, 2.45) is 4.99 Å². The van der Waals surface area contributed by atoms with Crippen molar-refractivity contribution in [3.63, 3.8) is 0 Å². The van der Waals surface area contributed by atoms with Gasteiger partial charge in [0.05, 0.1) is 45.7 Å². The Labute approximate surface area is 239 Å². The van der Waals surface area contributed by atoms with E-state index in [0.29, 0.717) is 39.1 Å². The lowest BCUT2D eigenvalue weighted by Gasteiger charge is -2.17. The molecule has 1 amide bonds. The molecule has 0 radical (unpaired) electrons. The number of hydrogen-bond acceptors (Lipinski definition) is 7. The van der Waals surface area contributed by atoms with Crippen molar-refractivity contribution in [3.8, 4) is 6.07 Å². The van der Waals surface area contributed by atoms with Crippen molar-refractivity contribution >= 4 is 51.7 Å². The van der Waals surface area contributed by atoms with Gasteiger partial charge in [-0.25, -0.2) is 4.99 Å². The fraction of sp³-hybridized carbons (Fsp3) is 0.207. The Hall–Kier alpha value is -3.88. The molecule has 1 aliphatic heterocycles. The summed E-state index contributed by atoms with van der Waals surface area (Å²) in [4.78, 5) is 23.0. The van der Waals surface area contributed by atoms with Crippen molar-refractivity contribution < 1.29 is 18.0 Å². The number of para-hydroxylation sites is 1. The predicted molar refractivity (Wildman–Crippen MR) is 157 cm³/mol. The smallest absolute Gasteiger partial charge is 0.384 e. The number of carbonyl (C=O) groups excluding carboxylic acids is 1. The lowest BCUT2D eigenvalue weighted by molar-refractivity contribution is -0.137. The molecule has 3 aromatic rings. The van der Waals surface area contributed by atoms with Gasteiger partial charge in [0.25, 0.3) is 5.91 Å². The number of hydrogen-bond donors (Lipinski definition) is 1. The van der Waals surface area contributed by atoms with E-state index in [1.807, 2.05) is 50.2 Å². The molecule has 0 saturated carbocycles. The molecule has 0 aromatic heterocycles. The van der Waals surface area contributed by atoms with Crippen molar-refractivity contribution in [1.29, 1.82) is 5.26 Å². The van der Waals surface area contributed by atoms with Gasteiger partial charge >= 0.3 is 6.18 Å². The van der Waals surface area contributed by atoms with Gasteiger partial charge in [-0.3, -0.25) is 9.69 Å². The molecule has 6 nitrogen and oxygen atoms in total. The van der Waals surface area contributed by atoms with Crippen LogP contribution >= 0.6 is 23.5 Å². The Morgan fingerprint density at radius 2 is 1.90 bits per heavy atom. The highest BCUT2D eigenvalue weighted by molar-refractivity contribution is 8.19. The molecule has 4 rings (SSSR count). The molecule has 11 heteroatoms. The fourth-order valence-electron chi connectivity index (χ4n) is 3.92. The highest BCUT2D eigenvalue weighted by Crippen LogP contribution is 2.40. The molecule has 206 valence electrons. The maximum absolute atomic E-state index is 13.6. The SMILES string of the molecule is CCNc1ccc(C#N)cc1N=C1S/C(=C\Sc2ccccc2N(C)C)C(=O)N1Cc1cccc(C(F)(F)F)c1. The normalized spacial score (nSPS) is 15.5. The van der Waals surface area contributed by atoms with Crippen LogP contribution in [0.3, 0.4) is 0 Å². The monoisotopic (exact) mass is 581 g/mol. The highest BCUT2D eigenvalue weighted by atomic mass is 32.2. The number of nitrogens with one attached hydrogen (secondary N) is 1. The molecule has 1 fully saturated rings. The van der Waals surface area contributed by atoms with E-state index < -0.39 is 11.7 Å². The van der Waals surface area contributed by atoms with Crippen LogP contribution in [0.5, 0.6) is 0 Å². The number of rotatable bonds is 8. The zero-order chi connectivity index (χ0) is 28.9. The third-order valence-corrected chi connectivity index (χ3v) is 7.94. The molecule has 40 heavy (non-hydrogen) atoms. The number of alkyl halides is 3. The van der Waals surface area contributed by atoms with Crippen LogP contribution in [0.25, 0.3) is 0 Å². The summed E-state index contributed by atoms with van der Waals surface area (Å²) in [6.07, 6.45) is -4.50. The van der Waals surface area contributed by atoms with Gasteiger partial charge in [-0.15, -0.1) is 0 Å². The molecule has 1 N–H and O–H groups in total. The van der Waals surface area contributed by atoms with E-state index in [-0.39, 0.29) is 12.5 Å². The first-order chi connectivity index (χ1) is 19.1. The fourth-order valence-corrected chi connectivity index (χ4v) is 5.92. The maximum Gasteiger partial charge on any atom is 0.416 e. The minimum absolute atomic E-state index is 0.0979. The summed E-state index contributed by atoms with van der Waals surface area (Å²) in [5.74, 6) is -0.363. The van der Waals surface area contributed by atoms with Crippen LogP contribution in [0.2, 0.25) is 0 Å². The number of nitriles is 1. The Balaban J connectivity index is 1.75. The highest BCUT2D eigenvalue weighted by Gasteiger charge is 2.35. The number of thioether (sulfide) groups is 2. The lowest BCUT2D eigenvalue weighted by Crippen LogP contribution is -2.28. The second-order valence-electron chi connectivity index (χ2n) is 8.92. The maximum atomic E-state index is 13.6. The minimum Gasteiger partial charge on any atom is -0.384 e. The third kappa shape index (κ3) is 6.81. The first kappa shape index (κ1) is 29.1. The van der Waals surface area contributed by atoms with Gasteiger partial charge in [-0.2, -0.15) is 18.4 Å². The van der Waals surface area contributed by atoms with Crippen molar-refractivity contribution in [1.82, 2.24) is 4.90 Å². The standard InChI is InChI=1S/C29H26F3N5OS2/c1-4-34-22-13-12-19(16-33)15-23(22)35-28-37(17-20-8-7-9-21(14-20)29(30,31)32)27(38)26(40-28)18-39-25-11-6-5-10-24(25)36(2)3/h5-15,18,34H,4,17H2,1-3H3/b26-18-,35-28?. The number of halogens is 3. The van der Waals surface area contributed by atoms with Crippen LogP contribution in [0.4, 0.5) is 30.2 Å². The van der Waals surface area contributed by atoms with Crippen LogP contribution in [0.1, 0.15) is 23.6 Å². The van der Waals surface area contributed by atoms with E-state index >= 15 is 0 Å². The van der Waals surface area contributed by atoms with Gasteiger partial charge in [0.15, 0.2) is 5.17 Å². The summed E-state index contributed by atoms with van der Waals surface area (Å²) in [7, 11) is 3.86. The summed E-state index contributed by atoms with van der Waals surface area (Å²) in [6, 6.07) is 19.8. The molecular formula is C29H26F3N5OS2. The number of amides is 1. The zero-order valence-electron chi connectivity index (χ0n) is 22.0. The molecule has 0 atom stereocenters. The van der Waals surface area contributed by atoms with Gasteiger partial charge in [-0.1, -0.05) is 36.0 Å². The molecule has 0 bridgehead atoms. The topological polar surface area (TPSA) is 71.7 Å². The molecule has 1 aliphatic rings. The van der Waals surface area contributed by atoms with Crippen molar-refractivity contribution in [2.45, 2.75) is 24.5 Å². The summed E-state index contributed by atoms with van der Waals surface area (Å²) in [5.41, 5.74) is 2.04. The van der Waals surface area contributed by atoms with E-state index in [2.05, 4.69) is 11.4 Å². The van der Waals surface area contributed by atoms with Crippen LogP contribution in [0, 0.1) is 11.3 Å². The number of aliphatic imine (C=N–C) groups is 1. The van der Waals surface area contributed by atoms with Crippen molar-refractivity contribution in [2.75, 3.05) is 30.9 Å². The van der Waals surface area contributed by atoms with E-state index in [1.54, 1.807) is 29.7 Å². The average Bonchev–Trinajstić information content (AvgIpc) is 3.21. The van der Waals surface area contributed by atoms with Gasteiger partial charge in [0.1, 0.15) is 0 Å². The second kappa shape index (κ2) is 12.5. The number of anilines is 2. The molecule has 1 saturated heterocycles. The van der Waals surface area contributed by atoms with E-state index in [1.165, 1.54) is 22.7 Å². The largest absolute Gasteiger partial charge is 0.416 e. The molecule has 0 spiro atoms. The minimum atomic E-state index is -4.50. The summed E-state index contributed by atoms with van der Waals surface area (Å²) < 4.78 is 40.1. The molecular weight excluding hydrogens is 555 g/mol. The average molecular weight is 582 g/mol. The van der Waals surface area contributed by atoms with Gasteiger partial charge in [0.2, 0.25) is 0 Å². The Morgan fingerprint density at radius 3 is 2.60 bits per heavy atom. The summed E-state index contributed by atoms with van der Waals surface area (Å²) in [5, 5.41) is 14.7. The first-order valence-corrected chi connectivity index (χ1v) is 14.0. The molecule has 1 heterocycles. The Morgan fingerprint density at radius 1 is 1.12 bits per heavy atom. The predicted octanol–water partition coefficient (Wildman–Crippen LogP) is 7.47. The van der Waals surface area contributed by atoms with Crippen LogP contribution in [-0.4, -0.2) is 36.6 Å². The van der Waals surface area contributed by atoms with E-state index in [0.717, 1.165) is 34.5 Å². The number of carbonyl (C=O) groups is 1. The van der Waals surface area contributed by atoms with Gasteiger partial charge in [-0.05, 0) is 72.1 Å². The van der Waals surface area contributed by atoms with Crippen LogP contribution < -0.4 is 10.2 Å². The van der Waals surface area contributed by atoms with Crippen molar-refractivity contribution in [3.05, 3.63) is 93.7 Å². The quantitative estimate of drug-likeness (QED) is 0.220. The summed E-state index contributed by atoms with van der Waals surface area (Å²) in [6.45, 7) is 2.43. The van der Waals surface area contributed by atoms with Gasteiger partial charge < -0.3 is 10.2 Å². The van der Waals surface area contributed by atoms with E-state index in [4.69, 9.17) is 4.99 Å².